The fourth-order valence-corrected chi connectivity index (χ4v) is 2.03. The van der Waals surface area contributed by atoms with Gasteiger partial charge in [-0.1, -0.05) is 11.6 Å². The first kappa shape index (κ1) is 11.3. The Morgan fingerprint density at radius 2 is 2.31 bits per heavy atom. The van der Waals surface area contributed by atoms with Crippen molar-refractivity contribution in [3.05, 3.63) is 29.0 Å². The largest absolute Gasteiger partial charge is 0.493 e. The Morgan fingerprint density at radius 3 is 3.00 bits per heavy atom. The molecular weight excluding hydrogens is 228 g/mol. The highest BCUT2D eigenvalue weighted by atomic mass is 35.5. The molecule has 0 aliphatic heterocycles. The molecule has 4 heteroatoms. The Morgan fingerprint density at radius 1 is 1.50 bits per heavy atom. The van der Waals surface area contributed by atoms with E-state index in [1.54, 1.807) is 13.4 Å². The van der Waals surface area contributed by atoms with Gasteiger partial charge in [-0.25, -0.2) is 0 Å². The second-order valence-corrected chi connectivity index (χ2v) is 3.92. The summed E-state index contributed by atoms with van der Waals surface area (Å²) in [6.07, 6.45) is 3.01. The summed E-state index contributed by atoms with van der Waals surface area (Å²) in [6, 6.07) is 3.69. The number of aryl methyl sites for hydroxylation is 1. The van der Waals surface area contributed by atoms with E-state index in [1.807, 2.05) is 12.1 Å². The van der Waals surface area contributed by atoms with Gasteiger partial charge >= 0.3 is 0 Å². The zero-order valence-corrected chi connectivity index (χ0v) is 9.75. The predicted molar refractivity (Wildman–Crippen MR) is 63.2 cm³/mol. The van der Waals surface area contributed by atoms with E-state index in [-0.39, 0.29) is 6.61 Å². The average molecular weight is 241 g/mol. The fraction of sp³-hybridized carbons (Fsp3) is 0.333. The molecule has 0 spiro atoms. The standard InChI is InChI=1S/C12H13ClO3/c1-15-10-7-8(3-2-5-14)11(13)9-4-6-16-12(9)10/h4,6-7,14H,2-3,5H2,1H3. The molecule has 1 aromatic carbocycles. The Kier molecular flexibility index (Phi) is 3.36. The minimum Gasteiger partial charge on any atom is -0.493 e. The number of hydrogen-bond donors (Lipinski definition) is 1. The number of ether oxygens (including phenoxy) is 1. The van der Waals surface area contributed by atoms with E-state index in [0.717, 1.165) is 17.4 Å². The fourth-order valence-electron chi connectivity index (χ4n) is 1.74. The highest BCUT2D eigenvalue weighted by Gasteiger charge is 2.13. The summed E-state index contributed by atoms with van der Waals surface area (Å²) in [5.41, 5.74) is 1.64. The topological polar surface area (TPSA) is 42.6 Å². The van der Waals surface area contributed by atoms with Gasteiger partial charge in [0.1, 0.15) is 0 Å². The first-order valence-electron chi connectivity index (χ1n) is 5.11. The van der Waals surface area contributed by atoms with Crippen LogP contribution in [0.2, 0.25) is 5.02 Å². The maximum absolute atomic E-state index is 8.83. The lowest BCUT2D eigenvalue weighted by atomic mass is 10.1. The van der Waals surface area contributed by atoms with Crippen LogP contribution < -0.4 is 4.74 Å². The average Bonchev–Trinajstić information content (AvgIpc) is 2.78. The molecule has 2 rings (SSSR count). The molecule has 0 saturated carbocycles. The number of methoxy groups -OCH3 is 1. The molecular formula is C12H13ClO3. The molecule has 1 heterocycles. The highest BCUT2D eigenvalue weighted by molar-refractivity contribution is 6.36. The quantitative estimate of drug-likeness (QED) is 0.893. The maximum Gasteiger partial charge on any atom is 0.177 e. The van der Waals surface area contributed by atoms with Crippen LogP contribution in [-0.4, -0.2) is 18.8 Å². The number of rotatable bonds is 4. The monoisotopic (exact) mass is 240 g/mol. The van der Waals surface area contributed by atoms with E-state index in [4.69, 9.17) is 25.9 Å². The van der Waals surface area contributed by atoms with Crippen molar-refractivity contribution in [2.45, 2.75) is 12.8 Å². The third-order valence-electron chi connectivity index (χ3n) is 2.54. The number of fused-ring (bicyclic) bond motifs is 1. The van der Waals surface area contributed by atoms with Crippen molar-refractivity contribution < 1.29 is 14.3 Å². The summed E-state index contributed by atoms with van der Waals surface area (Å²) >= 11 is 6.25. The highest BCUT2D eigenvalue weighted by Crippen LogP contribution is 2.35. The van der Waals surface area contributed by atoms with Crippen LogP contribution in [0.15, 0.2) is 22.8 Å². The van der Waals surface area contributed by atoms with Crippen molar-refractivity contribution in [2.75, 3.05) is 13.7 Å². The van der Waals surface area contributed by atoms with Gasteiger partial charge < -0.3 is 14.3 Å². The molecule has 0 aliphatic rings. The van der Waals surface area contributed by atoms with Gasteiger partial charge in [-0.3, -0.25) is 0 Å². The Balaban J connectivity index is 2.52. The van der Waals surface area contributed by atoms with E-state index in [2.05, 4.69) is 0 Å². The number of aliphatic hydroxyl groups excluding tert-OH is 1. The van der Waals surface area contributed by atoms with E-state index in [0.29, 0.717) is 22.8 Å². The van der Waals surface area contributed by atoms with Gasteiger partial charge in [0.15, 0.2) is 11.3 Å². The van der Waals surface area contributed by atoms with Crippen molar-refractivity contribution in [1.29, 1.82) is 0 Å². The molecule has 2 aromatic rings. The molecule has 16 heavy (non-hydrogen) atoms. The smallest absolute Gasteiger partial charge is 0.177 e. The minimum absolute atomic E-state index is 0.155. The summed E-state index contributed by atoms with van der Waals surface area (Å²) in [5.74, 6) is 0.678. The van der Waals surface area contributed by atoms with Crippen molar-refractivity contribution in [2.24, 2.45) is 0 Å². The zero-order valence-electron chi connectivity index (χ0n) is 9.00. The maximum atomic E-state index is 8.83. The Hall–Kier alpha value is -1.19. The molecule has 0 amide bonds. The molecule has 0 radical (unpaired) electrons. The lowest BCUT2D eigenvalue weighted by molar-refractivity contribution is 0.288. The van der Waals surface area contributed by atoms with Gasteiger partial charge in [-0.15, -0.1) is 0 Å². The lowest BCUT2D eigenvalue weighted by Crippen LogP contribution is -1.93. The first-order chi connectivity index (χ1) is 7.77. The van der Waals surface area contributed by atoms with Crippen LogP contribution >= 0.6 is 11.6 Å². The molecule has 0 saturated heterocycles. The van der Waals surface area contributed by atoms with Crippen molar-refractivity contribution >= 4 is 22.6 Å². The molecule has 0 aliphatic carbocycles. The summed E-state index contributed by atoms with van der Waals surface area (Å²) < 4.78 is 10.6. The molecule has 0 atom stereocenters. The lowest BCUT2D eigenvalue weighted by Gasteiger charge is -2.08. The number of aliphatic hydroxyl groups is 1. The Bertz CT molecular complexity index is 490. The third-order valence-corrected chi connectivity index (χ3v) is 2.98. The van der Waals surface area contributed by atoms with Gasteiger partial charge in [0, 0.05) is 12.0 Å². The summed E-state index contributed by atoms with van der Waals surface area (Å²) in [5, 5.41) is 10.4. The van der Waals surface area contributed by atoms with Crippen molar-refractivity contribution in [1.82, 2.24) is 0 Å². The van der Waals surface area contributed by atoms with Crippen molar-refractivity contribution in [3.8, 4) is 5.75 Å². The normalized spacial score (nSPS) is 10.9. The van der Waals surface area contributed by atoms with E-state index >= 15 is 0 Å². The molecule has 0 fully saturated rings. The van der Waals surface area contributed by atoms with Gasteiger partial charge in [0.25, 0.3) is 0 Å². The first-order valence-corrected chi connectivity index (χ1v) is 5.49. The third kappa shape index (κ3) is 1.88. The second-order valence-electron chi connectivity index (χ2n) is 3.54. The van der Waals surface area contributed by atoms with Crippen LogP contribution in [0.4, 0.5) is 0 Å². The predicted octanol–water partition coefficient (Wildman–Crippen LogP) is 3.02. The number of benzene rings is 1. The molecule has 1 aromatic heterocycles. The van der Waals surface area contributed by atoms with E-state index in [1.165, 1.54) is 0 Å². The SMILES string of the molecule is COc1cc(CCCO)c(Cl)c2ccoc12. The van der Waals surface area contributed by atoms with Gasteiger partial charge in [0.2, 0.25) is 0 Å². The van der Waals surface area contributed by atoms with E-state index < -0.39 is 0 Å². The zero-order chi connectivity index (χ0) is 11.5. The second kappa shape index (κ2) is 4.76. The molecule has 86 valence electrons. The molecule has 0 unspecified atom stereocenters. The number of hydrogen-bond acceptors (Lipinski definition) is 3. The minimum atomic E-state index is 0.155. The summed E-state index contributed by atoms with van der Waals surface area (Å²) in [7, 11) is 1.60. The number of halogens is 1. The van der Waals surface area contributed by atoms with Crippen molar-refractivity contribution in [3.63, 3.8) is 0 Å². The van der Waals surface area contributed by atoms with Crippen LogP contribution in [0, 0.1) is 0 Å². The molecule has 1 N–H and O–H groups in total. The number of furan rings is 1. The van der Waals surface area contributed by atoms with Crippen LogP contribution in [0.5, 0.6) is 5.75 Å². The van der Waals surface area contributed by atoms with Gasteiger partial charge in [0.05, 0.1) is 18.4 Å². The van der Waals surface area contributed by atoms with E-state index in [9.17, 15) is 0 Å². The van der Waals surface area contributed by atoms with Gasteiger partial charge in [-0.2, -0.15) is 0 Å². The Labute approximate surface area is 98.6 Å². The van der Waals surface area contributed by atoms with Gasteiger partial charge in [-0.05, 0) is 30.5 Å². The summed E-state index contributed by atoms with van der Waals surface area (Å²) in [6.45, 7) is 0.155. The van der Waals surface area contributed by atoms with Crippen LogP contribution in [0.3, 0.4) is 0 Å². The molecule has 0 bridgehead atoms. The van der Waals surface area contributed by atoms with Crippen LogP contribution in [-0.2, 0) is 6.42 Å². The molecule has 3 nitrogen and oxygen atoms in total. The van der Waals surface area contributed by atoms with Crippen LogP contribution in [0.25, 0.3) is 11.0 Å². The van der Waals surface area contributed by atoms with Crippen LogP contribution in [0.1, 0.15) is 12.0 Å². The summed E-state index contributed by atoms with van der Waals surface area (Å²) in [4.78, 5) is 0.